The van der Waals surface area contributed by atoms with Crippen molar-refractivity contribution in [3.63, 3.8) is 0 Å². The van der Waals surface area contributed by atoms with E-state index in [1.165, 1.54) is 0 Å². The Hall–Kier alpha value is -1.54. The standard InChI is InChI=1S/C36H40O4Si2.4C5H5.2Lu/c1-35(2,3)41(27-19-11-7-12-20-27,28-21-13-8-14-22-28)33(39)31(37)32(38)34(40)42(36(4,5)6,29-23-15-9-16-24-29)30-25-17-10-18-26-30;4*1-2-4-5-3-1;;/h7-26,37-38H,1-6H3;4*1-5H;;/b32-31+;;;;;;. The van der Waals surface area contributed by atoms with E-state index in [9.17, 15) is 19.8 Å². The largest absolute Gasteiger partial charge is 0.502 e. The van der Waals surface area contributed by atoms with Crippen LogP contribution in [0, 0.1) is 202 Å². The fourth-order valence-corrected chi connectivity index (χ4v) is 18.1. The molecule has 8 rings (SSSR count). The van der Waals surface area contributed by atoms with Gasteiger partial charge in [-0.2, -0.15) is 0 Å². The molecule has 8 heteroatoms. The number of allylic oxidation sites excluding steroid dienone is 2. The van der Waals surface area contributed by atoms with Crippen LogP contribution in [0.2, 0.25) is 10.1 Å². The average Bonchev–Trinajstić information content (AvgIpc) is 4.15. The number of carbonyl (C=O) groups excluding carboxylic acids is 2. The average molecular weight is 1200 g/mol. The summed E-state index contributed by atoms with van der Waals surface area (Å²) in [6, 6.07) is 37.9. The third-order valence-electron chi connectivity index (χ3n) is 10.6. The van der Waals surface area contributed by atoms with Crippen molar-refractivity contribution in [2.45, 2.75) is 51.6 Å². The van der Waals surface area contributed by atoms with Gasteiger partial charge in [0, 0.05) is 73.7 Å². The number of aliphatic hydroxyl groups excluding tert-OH is 2. The predicted octanol–water partition coefficient (Wildman–Crippen LogP) is 9.74. The SMILES string of the molecule is CC(C)(C)[Si](C(=O)/C(O)=C(\O)C(=O)[Si](c1ccccc1)(c1ccccc1)C(C)(C)C)(c1ccccc1)c1ccccc1.[CH]1[CH][CH][CH][CH]1.[CH]1[CH][CH][CH][CH]1.[CH]1[CH][CH][CH][CH]1.[CH]1[CH][CH][CH][CH]1.[Lu].[Lu]. The number of carbonyl (C=O) groups is 2. The van der Waals surface area contributed by atoms with Crippen LogP contribution in [0.25, 0.3) is 0 Å². The first kappa shape index (κ1) is 58.6. The van der Waals surface area contributed by atoms with E-state index in [4.69, 9.17) is 0 Å². The van der Waals surface area contributed by atoms with E-state index < -0.39 is 48.6 Å². The van der Waals surface area contributed by atoms with Crippen molar-refractivity contribution < 1.29 is 93.6 Å². The Morgan fingerprint density at radius 3 is 0.578 bits per heavy atom. The van der Waals surface area contributed by atoms with Gasteiger partial charge in [-0.3, -0.25) is 9.59 Å². The van der Waals surface area contributed by atoms with Crippen LogP contribution in [0.1, 0.15) is 41.5 Å². The molecule has 4 aromatic rings. The molecule has 0 heterocycles. The van der Waals surface area contributed by atoms with Crippen molar-refractivity contribution in [1.29, 1.82) is 0 Å². The van der Waals surface area contributed by atoms with Crippen molar-refractivity contribution >= 4 is 47.7 Å². The summed E-state index contributed by atoms with van der Waals surface area (Å²) in [4.78, 5) is 29.7. The molecule has 0 aliphatic heterocycles. The van der Waals surface area contributed by atoms with E-state index in [0.29, 0.717) is 0 Å². The van der Waals surface area contributed by atoms with Gasteiger partial charge in [0.1, 0.15) is 0 Å². The van der Waals surface area contributed by atoms with Crippen molar-refractivity contribution in [3.05, 3.63) is 261 Å². The van der Waals surface area contributed by atoms with Gasteiger partial charge in [0.05, 0.1) is 0 Å². The summed E-state index contributed by atoms with van der Waals surface area (Å²) in [5.41, 5.74) is 0. The second-order valence-electron chi connectivity index (χ2n) is 16.7. The maximum atomic E-state index is 14.9. The van der Waals surface area contributed by atoms with Crippen LogP contribution in [0.3, 0.4) is 0 Å². The summed E-state index contributed by atoms with van der Waals surface area (Å²) in [6.45, 7) is 11.9. The number of benzene rings is 4. The molecular weight excluding hydrogens is 1140 g/mol. The molecule has 4 aliphatic rings. The van der Waals surface area contributed by atoms with Crippen LogP contribution in [0.4, 0.5) is 0 Å². The van der Waals surface area contributed by atoms with E-state index in [0.717, 1.165) is 20.7 Å². The summed E-state index contributed by atoms with van der Waals surface area (Å²) in [7, 11) is -7.06. The molecule has 4 aliphatic carbocycles. The Labute approximate surface area is 449 Å². The Bertz CT molecular complexity index is 1640. The fraction of sp³-hybridized carbons (Fsp3) is 0.143. The minimum atomic E-state index is -3.53. The Morgan fingerprint density at radius 2 is 0.453 bits per heavy atom. The summed E-state index contributed by atoms with van der Waals surface area (Å²) in [6.07, 6.45) is 40.0. The normalized spacial score (nSPS) is 16.2. The molecule has 64 heavy (non-hydrogen) atoms. The van der Waals surface area contributed by atoms with Gasteiger partial charge in [-0.05, 0) is 159 Å². The number of rotatable bonds is 8. The molecule has 4 saturated carbocycles. The molecule has 0 bridgehead atoms. The van der Waals surface area contributed by atoms with Crippen LogP contribution in [0.5, 0.6) is 0 Å². The minimum Gasteiger partial charge on any atom is -0.502 e. The fourth-order valence-electron chi connectivity index (χ4n) is 7.88. The monoisotopic (exact) mass is 1200 g/mol. The van der Waals surface area contributed by atoms with Gasteiger partial charge in [0.25, 0.3) is 0 Å². The molecule has 0 saturated heterocycles. The van der Waals surface area contributed by atoms with Crippen LogP contribution in [-0.4, -0.2) is 37.2 Å². The van der Waals surface area contributed by atoms with Gasteiger partial charge in [-0.1, -0.05) is 163 Å². The van der Waals surface area contributed by atoms with E-state index >= 15 is 0 Å². The maximum absolute atomic E-state index is 14.9. The van der Waals surface area contributed by atoms with Crippen molar-refractivity contribution in [2.75, 3.05) is 0 Å². The van der Waals surface area contributed by atoms with Gasteiger partial charge in [-0.15, -0.1) is 0 Å². The van der Waals surface area contributed by atoms with Gasteiger partial charge in [-0.25, -0.2) is 0 Å². The number of hydrogen-bond acceptors (Lipinski definition) is 4. The number of hydrogen-bond donors (Lipinski definition) is 2. The van der Waals surface area contributed by atoms with Gasteiger partial charge in [0.2, 0.25) is 16.1 Å². The van der Waals surface area contributed by atoms with Crippen LogP contribution in [-0.2, 0) is 9.59 Å². The van der Waals surface area contributed by atoms with Gasteiger partial charge < -0.3 is 10.2 Å². The molecule has 2 N–H and O–H groups in total. The topological polar surface area (TPSA) is 74.6 Å². The first-order valence-electron chi connectivity index (χ1n) is 20.9. The van der Waals surface area contributed by atoms with E-state index in [1.807, 2.05) is 291 Å². The predicted molar refractivity (Wildman–Crippen MR) is 264 cm³/mol. The van der Waals surface area contributed by atoms with Crippen LogP contribution in [0.15, 0.2) is 133 Å². The molecule has 4 fully saturated rings. The Kier molecular flexibility index (Phi) is 27.5. The molecule has 0 spiro atoms. The summed E-state index contributed by atoms with van der Waals surface area (Å²) in [5.74, 6) is -1.72. The second-order valence-corrected chi connectivity index (χ2v) is 25.9. The molecule has 0 aromatic heterocycles. The van der Waals surface area contributed by atoms with E-state index in [2.05, 4.69) is 0 Å². The summed E-state index contributed by atoms with van der Waals surface area (Å²) < 4.78 is 0. The molecular formula is C56H60Lu2O4Si2. The summed E-state index contributed by atoms with van der Waals surface area (Å²) >= 11 is 0. The molecule has 346 valence electrons. The minimum absolute atomic E-state index is 0. The summed E-state index contributed by atoms with van der Waals surface area (Å²) in [5, 5.41) is 24.4. The van der Waals surface area contributed by atoms with Crippen molar-refractivity contribution in [2.24, 2.45) is 0 Å². The third-order valence-corrected chi connectivity index (χ3v) is 21.8. The van der Waals surface area contributed by atoms with E-state index in [1.54, 1.807) is 0 Å². The Morgan fingerprint density at radius 1 is 0.312 bits per heavy atom. The molecule has 4 aromatic carbocycles. The zero-order valence-electron chi connectivity index (χ0n) is 37.3. The van der Waals surface area contributed by atoms with E-state index in [-0.39, 0.29) is 73.7 Å². The molecule has 0 atom stereocenters. The van der Waals surface area contributed by atoms with Gasteiger partial charge in [0.15, 0.2) is 22.3 Å². The van der Waals surface area contributed by atoms with Crippen molar-refractivity contribution in [1.82, 2.24) is 0 Å². The Balaban J connectivity index is 0.000000517. The molecule has 0 unspecified atom stereocenters. The van der Waals surface area contributed by atoms with Gasteiger partial charge >= 0.3 is 0 Å². The van der Waals surface area contributed by atoms with Crippen molar-refractivity contribution in [3.8, 4) is 0 Å². The third kappa shape index (κ3) is 15.8. The second kappa shape index (κ2) is 30.1. The molecule has 4 nitrogen and oxygen atoms in total. The smallest absolute Gasteiger partial charge is 0.209 e. The van der Waals surface area contributed by atoms with Crippen LogP contribution >= 0.6 is 0 Å². The number of aliphatic hydroxyl groups is 2. The first-order valence-corrected chi connectivity index (χ1v) is 24.9. The zero-order valence-corrected chi connectivity index (χ0v) is 42.6. The molecule has 22 radical (unpaired) electrons. The zero-order chi connectivity index (χ0) is 44.9. The first-order chi connectivity index (χ1) is 29.8. The quantitative estimate of drug-likeness (QED) is 0.105. The van der Waals surface area contributed by atoms with Crippen LogP contribution < -0.4 is 20.7 Å². The molecule has 0 amide bonds. The maximum Gasteiger partial charge on any atom is 0.209 e.